The Hall–Kier alpha value is -1.54. The van der Waals surface area contributed by atoms with E-state index in [-0.39, 0.29) is 24.3 Å². The molecule has 4 aliphatic carbocycles. The highest BCUT2D eigenvalue weighted by atomic mass is 32.2. The van der Waals surface area contributed by atoms with Gasteiger partial charge in [0.05, 0.1) is 6.10 Å². The van der Waals surface area contributed by atoms with Gasteiger partial charge in [-0.3, -0.25) is 9.59 Å². The molecule has 0 radical (unpaired) electrons. The van der Waals surface area contributed by atoms with Crippen molar-refractivity contribution in [2.75, 3.05) is 0 Å². The van der Waals surface area contributed by atoms with Crippen molar-refractivity contribution in [2.45, 2.75) is 63.6 Å². The number of ether oxygens (including phenoxy) is 1. The first-order chi connectivity index (χ1) is 13.9. The number of hydrogen-bond acceptors (Lipinski definition) is 6. The van der Waals surface area contributed by atoms with E-state index in [0.717, 1.165) is 6.08 Å². The molecule has 5 nitrogen and oxygen atoms in total. The van der Waals surface area contributed by atoms with Crippen molar-refractivity contribution < 1.29 is 33.0 Å². The Morgan fingerprint density at radius 2 is 1.90 bits per heavy atom. The number of carbonyl (C=O) groups excluding carboxylic acids is 3. The van der Waals surface area contributed by atoms with Crippen LogP contribution in [-0.2, 0) is 14.3 Å². The maximum atomic E-state index is 17.0. The zero-order chi connectivity index (χ0) is 21.9. The molecule has 0 aromatic carbocycles. The SMILES string of the molecule is C[C@@H]1C[C@H]2[C@@H]3C[C@H](F)C4=CC(=O)C=C[C@]4(C)[C@@]3(F)[C@@H](O)C[C@]2(C)[C@]12OC(=O)SC2=O. The van der Waals surface area contributed by atoms with Crippen LogP contribution in [0, 0.1) is 28.6 Å². The van der Waals surface area contributed by atoms with E-state index >= 15 is 8.78 Å². The zero-order valence-electron chi connectivity index (χ0n) is 17.0. The van der Waals surface area contributed by atoms with Crippen LogP contribution in [0.1, 0.15) is 40.0 Å². The third-order valence-electron chi connectivity index (χ3n) is 8.89. The number of ketones is 1. The van der Waals surface area contributed by atoms with Crippen LogP contribution < -0.4 is 0 Å². The summed E-state index contributed by atoms with van der Waals surface area (Å²) in [7, 11) is 0. The monoisotopic (exact) mass is 438 g/mol. The van der Waals surface area contributed by atoms with Crippen molar-refractivity contribution in [2.24, 2.45) is 28.6 Å². The summed E-state index contributed by atoms with van der Waals surface area (Å²) in [4.78, 5) is 36.8. The molecule has 0 unspecified atom stereocenters. The van der Waals surface area contributed by atoms with Crippen molar-refractivity contribution in [3.63, 3.8) is 0 Å². The Bertz CT molecular complexity index is 948. The van der Waals surface area contributed by atoms with Gasteiger partial charge in [-0.1, -0.05) is 19.9 Å². The Labute approximate surface area is 177 Å². The van der Waals surface area contributed by atoms with Gasteiger partial charge in [0.25, 0.3) is 0 Å². The van der Waals surface area contributed by atoms with Gasteiger partial charge in [0.15, 0.2) is 17.1 Å². The molecule has 1 spiro atoms. The average Bonchev–Trinajstić information content (AvgIpc) is 3.08. The number of aliphatic hydroxyl groups is 1. The summed E-state index contributed by atoms with van der Waals surface area (Å²) in [5.41, 5.74) is -6.05. The van der Waals surface area contributed by atoms with E-state index < -0.39 is 62.4 Å². The number of carbonyl (C=O) groups is 3. The quantitative estimate of drug-likeness (QED) is 0.581. The van der Waals surface area contributed by atoms with Crippen molar-refractivity contribution >= 4 is 28.0 Å². The molecule has 30 heavy (non-hydrogen) atoms. The molecule has 5 rings (SSSR count). The first-order valence-corrected chi connectivity index (χ1v) is 11.1. The number of halogens is 2. The second kappa shape index (κ2) is 5.82. The fourth-order valence-corrected chi connectivity index (χ4v) is 8.47. The van der Waals surface area contributed by atoms with E-state index in [9.17, 15) is 19.5 Å². The smallest absolute Gasteiger partial charge is 0.376 e. The fraction of sp³-hybridized carbons (Fsp3) is 0.682. The molecule has 0 amide bonds. The van der Waals surface area contributed by atoms with E-state index in [1.165, 1.54) is 19.1 Å². The summed E-state index contributed by atoms with van der Waals surface area (Å²) in [5.74, 6) is -2.12. The molecule has 0 aromatic rings. The lowest BCUT2D eigenvalue weighted by Crippen LogP contribution is -2.70. The molecular formula is C22H24F2O5S. The fourth-order valence-electron chi connectivity index (χ4n) is 7.52. The van der Waals surface area contributed by atoms with Gasteiger partial charge in [0.2, 0.25) is 5.12 Å². The van der Waals surface area contributed by atoms with Crippen LogP contribution in [0.2, 0.25) is 0 Å². The first-order valence-electron chi connectivity index (χ1n) is 10.3. The number of fused-ring (bicyclic) bond motifs is 6. The summed E-state index contributed by atoms with van der Waals surface area (Å²) in [6, 6.07) is 0. The van der Waals surface area contributed by atoms with Crippen LogP contribution >= 0.6 is 11.8 Å². The molecule has 1 saturated heterocycles. The molecular weight excluding hydrogens is 414 g/mol. The van der Waals surface area contributed by atoms with Crippen LogP contribution in [-0.4, -0.2) is 44.9 Å². The third-order valence-corrected chi connectivity index (χ3v) is 9.63. The number of aliphatic hydroxyl groups excluding tert-OH is 1. The van der Waals surface area contributed by atoms with Crippen molar-refractivity contribution in [1.29, 1.82) is 0 Å². The van der Waals surface area contributed by atoms with Gasteiger partial charge < -0.3 is 9.84 Å². The molecule has 3 saturated carbocycles. The molecule has 0 bridgehead atoms. The van der Waals surface area contributed by atoms with Gasteiger partial charge in [0, 0.05) is 34.4 Å². The number of hydrogen-bond donors (Lipinski definition) is 1. The normalized spacial score (nSPS) is 54.5. The van der Waals surface area contributed by atoms with Crippen molar-refractivity contribution in [1.82, 2.24) is 0 Å². The minimum Gasteiger partial charge on any atom is -0.441 e. The zero-order valence-corrected chi connectivity index (χ0v) is 17.8. The predicted octanol–water partition coefficient (Wildman–Crippen LogP) is 3.70. The van der Waals surface area contributed by atoms with Crippen molar-refractivity contribution in [3.05, 3.63) is 23.8 Å². The molecule has 4 fully saturated rings. The van der Waals surface area contributed by atoms with Crippen molar-refractivity contribution in [3.8, 4) is 0 Å². The van der Waals surface area contributed by atoms with Gasteiger partial charge in [-0.15, -0.1) is 0 Å². The largest absolute Gasteiger partial charge is 0.441 e. The Kier molecular flexibility index (Phi) is 3.95. The third kappa shape index (κ3) is 2.01. The van der Waals surface area contributed by atoms with Crippen LogP contribution in [0.3, 0.4) is 0 Å². The highest BCUT2D eigenvalue weighted by Crippen LogP contribution is 2.72. The molecule has 1 heterocycles. The summed E-state index contributed by atoms with van der Waals surface area (Å²) < 4.78 is 37.9. The number of rotatable bonds is 0. The van der Waals surface area contributed by atoms with Gasteiger partial charge >= 0.3 is 5.30 Å². The average molecular weight is 438 g/mol. The summed E-state index contributed by atoms with van der Waals surface area (Å²) in [6.45, 7) is 5.11. The van der Waals surface area contributed by atoms with Gasteiger partial charge in [-0.05, 0) is 49.8 Å². The maximum Gasteiger partial charge on any atom is 0.376 e. The van der Waals surface area contributed by atoms with E-state index in [4.69, 9.17) is 4.74 Å². The Balaban J connectivity index is 1.67. The second-order valence-corrected chi connectivity index (χ2v) is 10.9. The molecule has 1 aliphatic heterocycles. The summed E-state index contributed by atoms with van der Waals surface area (Å²) in [5, 5.41) is 10.1. The van der Waals surface area contributed by atoms with Gasteiger partial charge in [-0.25, -0.2) is 13.6 Å². The Morgan fingerprint density at radius 1 is 1.20 bits per heavy atom. The van der Waals surface area contributed by atoms with Gasteiger partial charge in [-0.2, -0.15) is 0 Å². The molecule has 0 aromatic heterocycles. The minimum absolute atomic E-state index is 0.0658. The van der Waals surface area contributed by atoms with E-state index in [0.29, 0.717) is 18.2 Å². The van der Waals surface area contributed by atoms with E-state index in [1.54, 1.807) is 13.8 Å². The number of thioether (sulfide) groups is 1. The number of alkyl halides is 2. The van der Waals surface area contributed by atoms with Crippen LogP contribution in [0.5, 0.6) is 0 Å². The molecule has 162 valence electrons. The molecule has 1 N–H and O–H groups in total. The summed E-state index contributed by atoms with van der Waals surface area (Å²) in [6.07, 6.45) is 0.851. The van der Waals surface area contributed by atoms with Crippen LogP contribution in [0.15, 0.2) is 23.8 Å². The van der Waals surface area contributed by atoms with Gasteiger partial charge in [0.1, 0.15) is 6.17 Å². The predicted molar refractivity (Wildman–Crippen MR) is 105 cm³/mol. The van der Waals surface area contributed by atoms with Crippen LogP contribution in [0.25, 0.3) is 0 Å². The summed E-state index contributed by atoms with van der Waals surface area (Å²) >= 11 is 0.515. The first kappa shape index (κ1) is 20.4. The standard InChI is InChI=1S/C22H24F2O5S/c1-10-6-12-13-8-15(23)14-7-11(25)4-5-19(14,2)21(13,24)16(26)9-20(12,3)22(10)17(27)30-18(28)29-22/h4-5,7,10,12-13,15-16,26H,6,8-9H2,1-3H3/t10-,12+,13+,15+,16+,19+,20+,21+,22+/m1/s1. The Morgan fingerprint density at radius 3 is 2.53 bits per heavy atom. The second-order valence-electron chi connectivity index (χ2n) is 9.97. The number of allylic oxidation sites excluding steroid dienone is 4. The molecule has 8 heteroatoms. The lowest BCUT2D eigenvalue weighted by molar-refractivity contribution is -0.218. The topological polar surface area (TPSA) is 80.7 Å². The highest BCUT2D eigenvalue weighted by Gasteiger charge is 2.79. The highest BCUT2D eigenvalue weighted by molar-refractivity contribution is 8.26. The lowest BCUT2D eigenvalue weighted by atomic mass is 9.44. The lowest BCUT2D eigenvalue weighted by Gasteiger charge is -2.62. The maximum absolute atomic E-state index is 17.0. The minimum atomic E-state index is -2.20. The molecule has 9 atom stereocenters. The van der Waals surface area contributed by atoms with E-state index in [2.05, 4.69) is 0 Å². The van der Waals surface area contributed by atoms with Crippen LogP contribution in [0.4, 0.5) is 13.6 Å². The van der Waals surface area contributed by atoms with E-state index in [1.807, 2.05) is 0 Å². The molecule has 5 aliphatic rings.